The van der Waals surface area contributed by atoms with Crippen molar-refractivity contribution >= 4 is 22.0 Å². The lowest BCUT2D eigenvalue weighted by molar-refractivity contribution is -0.133. The Balaban J connectivity index is 1.30. The first-order valence-electron chi connectivity index (χ1n) is 11.3. The maximum Gasteiger partial charge on any atom is 0.236 e. The van der Waals surface area contributed by atoms with E-state index in [9.17, 15) is 13.2 Å². The van der Waals surface area contributed by atoms with Gasteiger partial charge in [0.1, 0.15) is 5.75 Å². The molecule has 0 aromatic heterocycles. The van der Waals surface area contributed by atoms with Crippen molar-refractivity contribution in [1.29, 1.82) is 0 Å². The fourth-order valence-electron chi connectivity index (χ4n) is 4.00. The molecule has 1 saturated carbocycles. The zero-order valence-corrected chi connectivity index (χ0v) is 19.8. The van der Waals surface area contributed by atoms with Crippen molar-refractivity contribution in [3.63, 3.8) is 0 Å². The van der Waals surface area contributed by atoms with Crippen molar-refractivity contribution in [3.05, 3.63) is 71.1 Å². The summed E-state index contributed by atoms with van der Waals surface area (Å²) in [6, 6.07) is 17.7. The number of hydrogen-bond acceptors (Lipinski definition) is 5. The molecule has 8 heteroatoms. The average Bonchev–Trinajstić information content (AvgIpc) is 3.69. The lowest BCUT2D eigenvalue weighted by Gasteiger charge is -2.34. The monoisotopic (exact) mass is 469 g/mol. The molecule has 2 fully saturated rings. The second-order valence-electron chi connectivity index (χ2n) is 8.52. The molecular weight excluding hydrogens is 438 g/mol. The quantitative estimate of drug-likeness (QED) is 0.565. The Hall–Kier alpha value is -2.68. The van der Waals surface area contributed by atoms with Crippen LogP contribution in [0.4, 0.5) is 0 Å². The van der Waals surface area contributed by atoms with E-state index in [1.54, 1.807) is 18.1 Å². The first kappa shape index (κ1) is 23.5. The summed E-state index contributed by atoms with van der Waals surface area (Å²) in [6.07, 6.45) is 3.84. The summed E-state index contributed by atoms with van der Waals surface area (Å²) in [7, 11) is -1.86. The summed E-state index contributed by atoms with van der Waals surface area (Å²) in [6.45, 7) is 2.54. The Morgan fingerprint density at radius 2 is 1.70 bits per heavy atom. The third-order valence-electron chi connectivity index (χ3n) is 6.13. The van der Waals surface area contributed by atoms with Gasteiger partial charge in [-0.2, -0.15) is 4.31 Å². The van der Waals surface area contributed by atoms with Gasteiger partial charge in [0, 0.05) is 44.2 Å². The number of methoxy groups -OCH3 is 1. The third-order valence-corrected chi connectivity index (χ3v) is 7.69. The van der Waals surface area contributed by atoms with E-state index in [0.29, 0.717) is 38.8 Å². The van der Waals surface area contributed by atoms with E-state index in [0.717, 1.165) is 36.3 Å². The van der Waals surface area contributed by atoms with Crippen LogP contribution in [-0.2, 0) is 21.4 Å². The van der Waals surface area contributed by atoms with Gasteiger partial charge in [0.2, 0.25) is 15.9 Å². The minimum atomic E-state index is -3.51. The van der Waals surface area contributed by atoms with Gasteiger partial charge < -0.3 is 9.64 Å². The molecule has 1 amide bonds. The highest BCUT2D eigenvalue weighted by Crippen LogP contribution is 2.28. The molecule has 1 aliphatic carbocycles. The number of carbonyl (C=O) groups excluding carboxylic acids is 1. The van der Waals surface area contributed by atoms with Crippen LogP contribution in [0.25, 0.3) is 6.08 Å². The summed E-state index contributed by atoms with van der Waals surface area (Å²) in [5, 5.41) is 1.25. The van der Waals surface area contributed by atoms with Crippen LogP contribution < -0.4 is 4.74 Å². The van der Waals surface area contributed by atoms with Crippen LogP contribution in [0, 0.1) is 0 Å². The molecule has 1 saturated heterocycles. The molecule has 1 heterocycles. The van der Waals surface area contributed by atoms with Gasteiger partial charge in [0.15, 0.2) is 0 Å². The zero-order chi connectivity index (χ0) is 23.3. The topological polar surface area (TPSA) is 70.2 Å². The molecule has 176 valence electrons. The van der Waals surface area contributed by atoms with Gasteiger partial charge in [-0.15, -0.1) is 0 Å². The van der Waals surface area contributed by atoms with Gasteiger partial charge in [-0.1, -0.05) is 42.5 Å². The van der Waals surface area contributed by atoms with E-state index in [-0.39, 0.29) is 5.91 Å². The number of ether oxygens (including phenoxy) is 1. The molecule has 0 N–H and O–H groups in total. The normalized spacial score (nSPS) is 17.6. The van der Waals surface area contributed by atoms with Gasteiger partial charge in [-0.05, 0) is 42.2 Å². The SMILES string of the molecule is COc1ccc(CN(CC(=O)N2CCN(S(=O)(=O)/C=C/c3ccccc3)CC2)C2CC2)cc1. The summed E-state index contributed by atoms with van der Waals surface area (Å²) < 4.78 is 32.0. The highest BCUT2D eigenvalue weighted by atomic mass is 32.2. The van der Waals surface area contributed by atoms with Crippen molar-refractivity contribution < 1.29 is 17.9 Å². The molecule has 0 unspecified atom stereocenters. The maximum atomic E-state index is 13.0. The van der Waals surface area contributed by atoms with Crippen LogP contribution >= 0.6 is 0 Å². The van der Waals surface area contributed by atoms with E-state index in [1.165, 1.54) is 9.71 Å². The van der Waals surface area contributed by atoms with Gasteiger partial charge >= 0.3 is 0 Å². The molecule has 2 aromatic carbocycles. The van der Waals surface area contributed by atoms with Gasteiger partial charge in [0.05, 0.1) is 13.7 Å². The number of benzene rings is 2. The van der Waals surface area contributed by atoms with Crippen molar-refractivity contribution in [2.75, 3.05) is 39.8 Å². The van der Waals surface area contributed by atoms with Crippen molar-refractivity contribution in [2.24, 2.45) is 0 Å². The molecule has 2 aliphatic rings. The number of rotatable bonds is 9. The molecule has 33 heavy (non-hydrogen) atoms. The maximum absolute atomic E-state index is 13.0. The molecule has 0 bridgehead atoms. The van der Waals surface area contributed by atoms with Crippen molar-refractivity contribution in [2.45, 2.75) is 25.4 Å². The smallest absolute Gasteiger partial charge is 0.236 e. The Kier molecular flexibility index (Phi) is 7.47. The Labute approximate surface area is 196 Å². The molecular formula is C25H31N3O4S. The van der Waals surface area contributed by atoms with Crippen LogP contribution in [0.5, 0.6) is 5.75 Å². The number of carbonyl (C=O) groups is 1. The lowest BCUT2D eigenvalue weighted by atomic mass is 10.2. The molecule has 0 atom stereocenters. The number of piperazine rings is 1. The van der Waals surface area contributed by atoms with Gasteiger partial charge in [0.25, 0.3) is 0 Å². The molecule has 0 spiro atoms. The number of nitrogens with zero attached hydrogens (tertiary/aromatic N) is 3. The fraction of sp³-hybridized carbons (Fsp3) is 0.400. The summed E-state index contributed by atoms with van der Waals surface area (Å²) in [5.41, 5.74) is 1.99. The predicted molar refractivity (Wildman–Crippen MR) is 129 cm³/mol. The largest absolute Gasteiger partial charge is 0.497 e. The number of sulfonamides is 1. The summed E-state index contributed by atoms with van der Waals surface area (Å²) in [4.78, 5) is 17.0. The van der Waals surface area contributed by atoms with Crippen LogP contribution in [0.3, 0.4) is 0 Å². The van der Waals surface area contributed by atoms with Crippen LogP contribution in [0.1, 0.15) is 24.0 Å². The van der Waals surface area contributed by atoms with Gasteiger partial charge in [-0.25, -0.2) is 8.42 Å². The fourth-order valence-corrected chi connectivity index (χ4v) is 5.17. The lowest BCUT2D eigenvalue weighted by Crippen LogP contribution is -2.52. The third kappa shape index (κ3) is 6.43. The average molecular weight is 470 g/mol. The van der Waals surface area contributed by atoms with E-state index in [1.807, 2.05) is 54.6 Å². The van der Waals surface area contributed by atoms with E-state index in [2.05, 4.69) is 4.90 Å². The predicted octanol–water partition coefficient (Wildman–Crippen LogP) is 2.80. The molecule has 4 rings (SSSR count). The summed E-state index contributed by atoms with van der Waals surface area (Å²) in [5.74, 6) is 0.881. The van der Waals surface area contributed by atoms with Crippen LogP contribution in [0.2, 0.25) is 0 Å². The molecule has 0 radical (unpaired) electrons. The second kappa shape index (κ2) is 10.5. The number of amides is 1. The standard InChI is InChI=1S/C25H31N3O4S/c1-32-24-11-7-22(8-12-24)19-27(23-9-10-23)20-25(29)26-14-16-28(17-15-26)33(30,31)18-13-21-5-3-2-4-6-21/h2-8,11-13,18,23H,9-10,14-17,19-20H2,1H3/b18-13+. The zero-order valence-electron chi connectivity index (χ0n) is 19.0. The number of hydrogen-bond donors (Lipinski definition) is 0. The first-order chi connectivity index (χ1) is 15.9. The first-order valence-corrected chi connectivity index (χ1v) is 12.8. The van der Waals surface area contributed by atoms with Crippen LogP contribution in [-0.4, -0.2) is 74.3 Å². The van der Waals surface area contributed by atoms with E-state index < -0.39 is 10.0 Å². The highest BCUT2D eigenvalue weighted by molar-refractivity contribution is 7.92. The van der Waals surface area contributed by atoms with Crippen molar-refractivity contribution in [1.82, 2.24) is 14.1 Å². The second-order valence-corrected chi connectivity index (χ2v) is 10.3. The molecule has 7 nitrogen and oxygen atoms in total. The van der Waals surface area contributed by atoms with Crippen LogP contribution in [0.15, 0.2) is 60.0 Å². The van der Waals surface area contributed by atoms with E-state index >= 15 is 0 Å². The summed E-state index contributed by atoms with van der Waals surface area (Å²) >= 11 is 0. The van der Waals surface area contributed by atoms with Gasteiger partial charge in [-0.3, -0.25) is 9.69 Å². The molecule has 2 aromatic rings. The minimum Gasteiger partial charge on any atom is -0.497 e. The molecule has 1 aliphatic heterocycles. The Morgan fingerprint density at radius 3 is 2.30 bits per heavy atom. The minimum absolute atomic E-state index is 0.0623. The highest BCUT2D eigenvalue weighted by Gasteiger charge is 2.33. The van der Waals surface area contributed by atoms with E-state index in [4.69, 9.17) is 4.74 Å². The van der Waals surface area contributed by atoms with Crippen molar-refractivity contribution in [3.8, 4) is 5.75 Å². The Bertz CT molecular complexity index is 1060. The Morgan fingerprint density at radius 1 is 1.03 bits per heavy atom.